The summed E-state index contributed by atoms with van der Waals surface area (Å²) in [6.07, 6.45) is 2.64. The van der Waals surface area contributed by atoms with Gasteiger partial charge in [-0.1, -0.05) is 23.7 Å². The predicted molar refractivity (Wildman–Crippen MR) is 67.1 cm³/mol. The largest absolute Gasteiger partial charge is 0.377 e. The molecule has 0 atom stereocenters. The Morgan fingerprint density at radius 2 is 2.22 bits per heavy atom. The van der Waals surface area contributed by atoms with Crippen molar-refractivity contribution in [1.29, 1.82) is 0 Å². The number of rotatable bonds is 5. The van der Waals surface area contributed by atoms with Crippen LogP contribution >= 0.6 is 11.6 Å². The van der Waals surface area contributed by atoms with E-state index < -0.39 is 0 Å². The number of halogens is 1. The summed E-state index contributed by atoms with van der Waals surface area (Å²) in [5.74, 6) is 0.546. The van der Waals surface area contributed by atoms with Crippen molar-refractivity contribution in [3.8, 4) is 11.4 Å². The molecule has 0 aromatic carbocycles. The molecule has 18 heavy (non-hydrogen) atoms. The normalized spacial score (nSPS) is 10.8. The summed E-state index contributed by atoms with van der Waals surface area (Å²) in [6.45, 7) is 3.19. The van der Waals surface area contributed by atoms with Crippen molar-refractivity contribution >= 4 is 11.6 Å². The van der Waals surface area contributed by atoms with Gasteiger partial charge in [0.1, 0.15) is 17.5 Å². The molecule has 0 aliphatic carbocycles. The molecule has 0 amide bonds. The lowest BCUT2D eigenvalue weighted by atomic mass is 10.3. The van der Waals surface area contributed by atoms with Crippen LogP contribution in [0.15, 0.2) is 12.3 Å². The van der Waals surface area contributed by atoms with E-state index in [1.165, 1.54) is 0 Å². The van der Waals surface area contributed by atoms with Crippen molar-refractivity contribution in [2.24, 2.45) is 0 Å². The second-order valence-electron chi connectivity index (χ2n) is 3.77. The Balaban J connectivity index is 2.39. The van der Waals surface area contributed by atoms with Crippen molar-refractivity contribution in [2.45, 2.75) is 26.5 Å². The molecule has 0 bridgehead atoms. The zero-order valence-corrected chi connectivity index (χ0v) is 11.1. The van der Waals surface area contributed by atoms with Crippen LogP contribution in [0.1, 0.15) is 19.2 Å². The fourth-order valence-corrected chi connectivity index (χ4v) is 1.82. The van der Waals surface area contributed by atoms with Crippen molar-refractivity contribution in [3.05, 3.63) is 23.2 Å². The minimum atomic E-state index is 0.322. The standard InChI is InChI=1S/C11H14ClN5O/c1-3-4-17-9(6-13-16-17)8-5-10(12)15-11(14-8)7-18-2/h5-6H,3-4,7H2,1-2H3. The van der Waals surface area contributed by atoms with Crippen LogP contribution in [0.3, 0.4) is 0 Å². The van der Waals surface area contributed by atoms with Gasteiger partial charge in [-0.3, -0.25) is 0 Å². The predicted octanol–water partition coefficient (Wildman–Crippen LogP) is 1.94. The van der Waals surface area contributed by atoms with E-state index in [0.29, 0.717) is 23.3 Å². The van der Waals surface area contributed by atoms with E-state index in [2.05, 4.69) is 27.2 Å². The molecular formula is C11H14ClN5O. The summed E-state index contributed by atoms with van der Waals surface area (Å²) in [5, 5.41) is 8.31. The maximum absolute atomic E-state index is 5.98. The zero-order chi connectivity index (χ0) is 13.0. The average Bonchev–Trinajstić information content (AvgIpc) is 2.77. The third-order valence-electron chi connectivity index (χ3n) is 2.33. The van der Waals surface area contributed by atoms with Gasteiger partial charge in [-0.05, 0) is 6.42 Å². The Kier molecular flexibility index (Phi) is 4.22. The van der Waals surface area contributed by atoms with Crippen LogP contribution in [-0.4, -0.2) is 32.1 Å². The van der Waals surface area contributed by atoms with E-state index in [-0.39, 0.29) is 0 Å². The second kappa shape index (κ2) is 5.88. The number of ether oxygens (including phenoxy) is 1. The van der Waals surface area contributed by atoms with Gasteiger partial charge in [-0.15, -0.1) is 5.10 Å². The number of hydrogen-bond acceptors (Lipinski definition) is 5. The van der Waals surface area contributed by atoms with Gasteiger partial charge < -0.3 is 4.74 Å². The van der Waals surface area contributed by atoms with Crippen molar-refractivity contribution in [3.63, 3.8) is 0 Å². The Hall–Kier alpha value is -1.53. The molecule has 2 heterocycles. The average molecular weight is 268 g/mol. The van der Waals surface area contributed by atoms with E-state index in [1.54, 1.807) is 24.1 Å². The van der Waals surface area contributed by atoms with E-state index in [9.17, 15) is 0 Å². The molecule has 0 fully saturated rings. The van der Waals surface area contributed by atoms with Gasteiger partial charge in [0.15, 0.2) is 5.82 Å². The molecule has 2 aromatic rings. The third-order valence-corrected chi connectivity index (χ3v) is 2.52. The van der Waals surface area contributed by atoms with Crippen LogP contribution in [0.4, 0.5) is 0 Å². The lowest BCUT2D eigenvalue weighted by molar-refractivity contribution is 0.178. The van der Waals surface area contributed by atoms with Gasteiger partial charge in [0.2, 0.25) is 0 Å². The highest BCUT2D eigenvalue weighted by Gasteiger charge is 2.10. The summed E-state index contributed by atoms with van der Waals surface area (Å²) in [4.78, 5) is 8.48. The molecule has 0 saturated heterocycles. The summed E-state index contributed by atoms with van der Waals surface area (Å²) in [7, 11) is 1.59. The van der Waals surface area contributed by atoms with Crippen molar-refractivity contribution < 1.29 is 4.74 Å². The van der Waals surface area contributed by atoms with Crippen molar-refractivity contribution in [2.75, 3.05) is 7.11 Å². The molecule has 0 saturated carbocycles. The number of aromatic nitrogens is 5. The van der Waals surface area contributed by atoms with E-state index in [4.69, 9.17) is 16.3 Å². The van der Waals surface area contributed by atoms with Gasteiger partial charge in [0, 0.05) is 19.7 Å². The summed E-state index contributed by atoms with van der Waals surface area (Å²) in [5.41, 5.74) is 1.54. The quantitative estimate of drug-likeness (QED) is 0.775. The fraction of sp³-hybridized carbons (Fsp3) is 0.455. The Bertz CT molecular complexity index is 528. The molecule has 0 N–H and O–H groups in total. The lowest BCUT2D eigenvalue weighted by Crippen LogP contribution is -2.04. The molecule has 0 aliphatic heterocycles. The number of methoxy groups -OCH3 is 1. The minimum Gasteiger partial charge on any atom is -0.377 e. The summed E-state index contributed by atoms with van der Waals surface area (Å²) >= 11 is 5.98. The monoisotopic (exact) mass is 267 g/mol. The molecule has 2 rings (SSSR count). The van der Waals surface area contributed by atoms with E-state index >= 15 is 0 Å². The first-order valence-corrected chi connectivity index (χ1v) is 6.03. The first-order valence-electron chi connectivity index (χ1n) is 5.66. The maximum atomic E-state index is 5.98. The molecular weight excluding hydrogens is 254 g/mol. The van der Waals surface area contributed by atoms with Gasteiger partial charge in [0.05, 0.1) is 11.9 Å². The molecule has 96 valence electrons. The van der Waals surface area contributed by atoms with Crippen LogP contribution in [0.2, 0.25) is 5.15 Å². The number of hydrogen-bond donors (Lipinski definition) is 0. The van der Waals surface area contributed by atoms with Gasteiger partial charge in [0.25, 0.3) is 0 Å². The van der Waals surface area contributed by atoms with Gasteiger partial charge in [-0.2, -0.15) is 0 Å². The molecule has 2 aromatic heterocycles. The van der Waals surface area contributed by atoms with Crippen LogP contribution in [-0.2, 0) is 17.9 Å². The Morgan fingerprint density at radius 1 is 1.39 bits per heavy atom. The van der Waals surface area contributed by atoms with Crippen LogP contribution in [0, 0.1) is 0 Å². The molecule has 7 heteroatoms. The number of aryl methyl sites for hydroxylation is 1. The summed E-state index contributed by atoms with van der Waals surface area (Å²) in [6, 6.07) is 1.70. The first kappa shape index (κ1) is 12.9. The fourth-order valence-electron chi connectivity index (χ4n) is 1.62. The smallest absolute Gasteiger partial charge is 0.156 e. The first-order chi connectivity index (χ1) is 8.74. The zero-order valence-electron chi connectivity index (χ0n) is 10.3. The van der Waals surface area contributed by atoms with Crippen LogP contribution in [0.25, 0.3) is 11.4 Å². The van der Waals surface area contributed by atoms with Gasteiger partial charge >= 0.3 is 0 Å². The molecule has 0 spiro atoms. The van der Waals surface area contributed by atoms with Crippen LogP contribution < -0.4 is 0 Å². The topological polar surface area (TPSA) is 65.7 Å². The highest BCUT2D eigenvalue weighted by atomic mass is 35.5. The third kappa shape index (κ3) is 2.83. The molecule has 6 nitrogen and oxygen atoms in total. The molecule has 0 radical (unpaired) electrons. The van der Waals surface area contributed by atoms with Crippen molar-refractivity contribution in [1.82, 2.24) is 25.0 Å². The Morgan fingerprint density at radius 3 is 2.94 bits per heavy atom. The minimum absolute atomic E-state index is 0.322. The SMILES string of the molecule is CCCn1nncc1-c1cc(Cl)nc(COC)n1. The molecule has 0 aliphatic rings. The maximum Gasteiger partial charge on any atom is 0.156 e. The van der Waals surface area contributed by atoms with Gasteiger partial charge in [-0.25, -0.2) is 14.6 Å². The lowest BCUT2D eigenvalue weighted by Gasteiger charge is -2.06. The second-order valence-corrected chi connectivity index (χ2v) is 4.15. The van der Waals surface area contributed by atoms with E-state index in [0.717, 1.165) is 18.7 Å². The summed E-state index contributed by atoms with van der Waals surface area (Å²) < 4.78 is 6.81. The highest BCUT2D eigenvalue weighted by molar-refractivity contribution is 6.29. The van der Waals surface area contributed by atoms with E-state index in [1.807, 2.05) is 0 Å². The van der Waals surface area contributed by atoms with Crippen LogP contribution in [0.5, 0.6) is 0 Å². The highest BCUT2D eigenvalue weighted by Crippen LogP contribution is 2.19. The Labute approximate surface area is 110 Å². The number of nitrogens with zero attached hydrogens (tertiary/aromatic N) is 5. The molecule has 0 unspecified atom stereocenters.